The van der Waals surface area contributed by atoms with E-state index in [4.69, 9.17) is 0 Å². The van der Waals surface area contributed by atoms with Gasteiger partial charge in [0.1, 0.15) is 0 Å². The molecule has 7 heteroatoms. The van der Waals surface area contributed by atoms with E-state index in [9.17, 15) is 13.2 Å². The van der Waals surface area contributed by atoms with Crippen LogP contribution in [-0.4, -0.2) is 25.9 Å². The number of benzene rings is 2. The maximum absolute atomic E-state index is 12.7. The average Bonchev–Trinajstić information content (AvgIpc) is 2.99. The van der Waals surface area contributed by atoms with Crippen molar-refractivity contribution in [2.75, 3.05) is 11.9 Å². The summed E-state index contributed by atoms with van der Waals surface area (Å²) >= 11 is 0. The molecule has 0 saturated heterocycles. The highest BCUT2D eigenvalue weighted by molar-refractivity contribution is 7.89. The molecule has 0 atom stereocenters. The molecule has 1 heterocycles. The number of aromatic amines is 1. The number of carbonyl (C=O) groups is 1. The summed E-state index contributed by atoms with van der Waals surface area (Å²) in [7, 11) is -3.67. The van der Waals surface area contributed by atoms with E-state index in [0.717, 1.165) is 16.5 Å². The smallest absolute Gasteiger partial charge is 0.240 e. The monoisotopic (exact) mass is 371 g/mol. The van der Waals surface area contributed by atoms with Gasteiger partial charge >= 0.3 is 0 Å². The summed E-state index contributed by atoms with van der Waals surface area (Å²) in [6.45, 7) is 3.40. The van der Waals surface area contributed by atoms with Crippen LogP contribution in [0.2, 0.25) is 0 Å². The van der Waals surface area contributed by atoms with E-state index >= 15 is 0 Å². The van der Waals surface area contributed by atoms with Crippen LogP contribution >= 0.6 is 0 Å². The Hall–Kier alpha value is -2.64. The number of amides is 1. The Kier molecular flexibility index (Phi) is 5.11. The second kappa shape index (κ2) is 7.31. The van der Waals surface area contributed by atoms with Crippen LogP contribution in [0.3, 0.4) is 0 Å². The Balaban J connectivity index is 1.74. The van der Waals surface area contributed by atoms with E-state index in [1.54, 1.807) is 19.1 Å². The highest BCUT2D eigenvalue weighted by Gasteiger charge is 2.17. The minimum atomic E-state index is -3.67. The first-order valence-corrected chi connectivity index (χ1v) is 9.78. The number of hydrogen-bond acceptors (Lipinski definition) is 3. The quantitative estimate of drug-likeness (QED) is 0.622. The van der Waals surface area contributed by atoms with Gasteiger partial charge in [0, 0.05) is 36.3 Å². The predicted octanol–water partition coefficient (Wildman–Crippen LogP) is 2.96. The average molecular weight is 371 g/mol. The number of rotatable bonds is 6. The number of hydrogen-bond donors (Lipinski definition) is 3. The summed E-state index contributed by atoms with van der Waals surface area (Å²) in [6, 6.07) is 12.7. The Morgan fingerprint density at radius 1 is 1.15 bits per heavy atom. The zero-order chi connectivity index (χ0) is 18.7. The van der Waals surface area contributed by atoms with E-state index in [2.05, 4.69) is 15.0 Å². The lowest BCUT2D eigenvalue weighted by molar-refractivity contribution is -0.114. The number of fused-ring (bicyclic) bond motifs is 1. The Bertz CT molecular complexity index is 1050. The minimum absolute atomic E-state index is 0.169. The van der Waals surface area contributed by atoms with Crippen molar-refractivity contribution in [3.05, 3.63) is 59.8 Å². The Labute approximate surface area is 152 Å². The fourth-order valence-electron chi connectivity index (χ4n) is 2.91. The van der Waals surface area contributed by atoms with Crippen LogP contribution in [0.5, 0.6) is 0 Å². The molecule has 0 aliphatic heterocycles. The summed E-state index contributed by atoms with van der Waals surface area (Å²) in [6.07, 6.45) is 2.48. The van der Waals surface area contributed by atoms with Gasteiger partial charge in [-0.05, 0) is 42.7 Å². The normalized spacial score (nSPS) is 11.6. The summed E-state index contributed by atoms with van der Waals surface area (Å²) < 4.78 is 27.9. The molecule has 3 aromatic rings. The molecule has 0 bridgehead atoms. The molecule has 3 rings (SSSR count). The molecule has 0 fully saturated rings. The molecule has 26 heavy (non-hydrogen) atoms. The van der Waals surface area contributed by atoms with Gasteiger partial charge in [-0.2, -0.15) is 0 Å². The number of aromatic nitrogens is 1. The number of anilines is 1. The van der Waals surface area contributed by atoms with Gasteiger partial charge in [-0.15, -0.1) is 0 Å². The molecule has 2 aromatic carbocycles. The summed E-state index contributed by atoms with van der Waals surface area (Å²) in [4.78, 5) is 14.5. The molecule has 0 unspecified atom stereocenters. The van der Waals surface area contributed by atoms with Crippen LogP contribution in [0.15, 0.2) is 53.6 Å². The molecule has 1 amide bonds. The summed E-state index contributed by atoms with van der Waals surface area (Å²) in [5.74, 6) is -0.246. The molecule has 0 spiro atoms. The maximum atomic E-state index is 12.7. The minimum Gasteiger partial charge on any atom is -0.361 e. The number of nitrogens with one attached hydrogen (secondary N) is 3. The number of carbonyl (C=O) groups excluding carboxylic acids is 1. The molecule has 6 nitrogen and oxygen atoms in total. The van der Waals surface area contributed by atoms with Crippen molar-refractivity contribution in [3.63, 3.8) is 0 Å². The topological polar surface area (TPSA) is 91.1 Å². The fourth-order valence-corrected chi connectivity index (χ4v) is 4.21. The molecular weight excluding hydrogens is 350 g/mol. The fraction of sp³-hybridized carbons (Fsp3) is 0.211. The van der Waals surface area contributed by atoms with Gasteiger partial charge in [0.15, 0.2) is 0 Å². The lowest BCUT2D eigenvalue weighted by atomic mass is 10.1. The molecule has 0 radical (unpaired) electrons. The van der Waals surface area contributed by atoms with E-state index in [-0.39, 0.29) is 17.3 Å². The number of aryl methyl sites for hydroxylation is 1. The van der Waals surface area contributed by atoms with Crippen molar-refractivity contribution in [1.29, 1.82) is 0 Å². The van der Waals surface area contributed by atoms with Crippen LogP contribution in [0.1, 0.15) is 18.1 Å². The van der Waals surface area contributed by atoms with Crippen molar-refractivity contribution in [2.24, 2.45) is 0 Å². The number of sulfonamides is 1. The largest absolute Gasteiger partial charge is 0.361 e. The van der Waals surface area contributed by atoms with Gasteiger partial charge in [0.05, 0.1) is 4.90 Å². The van der Waals surface area contributed by atoms with E-state index in [1.807, 2.05) is 30.5 Å². The first-order valence-electron chi connectivity index (χ1n) is 8.30. The van der Waals surface area contributed by atoms with E-state index in [0.29, 0.717) is 17.7 Å². The number of para-hydroxylation sites is 1. The summed E-state index contributed by atoms with van der Waals surface area (Å²) in [5, 5.41) is 3.70. The zero-order valence-electron chi connectivity index (χ0n) is 14.7. The molecule has 3 N–H and O–H groups in total. The van der Waals surface area contributed by atoms with Crippen molar-refractivity contribution in [2.45, 2.75) is 25.2 Å². The zero-order valence-corrected chi connectivity index (χ0v) is 15.5. The van der Waals surface area contributed by atoms with Crippen molar-refractivity contribution in [3.8, 4) is 0 Å². The highest BCUT2D eigenvalue weighted by atomic mass is 32.2. The van der Waals surface area contributed by atoms with Crippen LogP contribution in [0, 0.1) is 6.92 Å². The molecule has 0 aliphatic carbocycles. The molecule has 0 saturated carbocycles. The summed E-state index contributed by atoms with van der Waals surface area (Å²) in [5.41, 5.74) is 3.18. The standard InChI is InChI=1S/C19H21N3O3S/c1-13-7-8-16(22-14(2)23)11-19(13)26(24,25)21-10-9-15-12-20-18-6-4-3-5-17(15)18/h3-8,11-12,20-21H,9-10H2,1-2H3,(H,22,23). The highest BCUT2D eigenvalue weighted by Crippen LogP contribution is 2.21. The van der Waals surface area contributed by atoms with Gasteiger partial charge in [0.2, 0.25) is 15.9 Å². The van der Waals surface area contributed by atoms with E-state index in [1.165, 1.54) is 13.0 Å². The molecule has 1 aromatic heterocycles. The lowest BCUT2D eigenvalue weighted by Gasteiger charge is -2.11. The third-order valence-electron chi connectivity index (χ3n) is 4.16. The second-order valence-corrected chi connectivity index (χ2v) is 7.90. The SMILES string of the molecule is CC(=O)Nc1ccc(C)c(S(=O)(=O)NCCc2c[nH]c3ccccc23)c1. The van der Waals surface area contributed by atoms with Crippen molar-refractivity contribution >= 4 is 32.5 Å². The lowest BCUT2D eigenvalue weighted by Crippen LogP contribution is -2.26. The third kappa shape index (κ3) is 3.95. The first-order chi connectivity index (χ1) is 12.4. The second-order valence-electron chi connectivity index (χ2n) is 6.17. The molecular formula is C19H21N3O3S. The predicted molar refractivity (Wildman–Crippen MR) is 103 cm³/mol. The van der Waals surface area contributed by atoms with Crippen LogP contribution in [-0.2, 0) is 21.2 Å². The van der Waals surface area contributed by atoms with E-state index < -0.39 is 10.0 Å². The third-order valence-corrected chi connectivity index (χ3v) is 5.76. The Morgan fingerprint density at radius 3 is 2.69 bits per heavy atom. The Morgan fingerprint density at radius 2 is 1.92 bits per heavy atom. The van der Waals surface area contributed by atoms with Crippen LogP contribution in [0.25, 0.3) is 10.9 Å². The van der Waals surface area contributed by atoms with Gasteiger partial charge in [-0.25, -0.2) is 13.1 Å². The van der Waals surface area contributed by atoms with Gasteiger partial charge < -0.3 is 10.3 Å². The van der Waals surface area contributed by atoms with Gasteiger partial charge in [-0.1, -0.05) is 24.3 Å². The van der Waals surface area contributed by atoms with Crippen molar-refractivity contribution < 1.29 is 13.2 Å². The van der Waals surface area contributed by atoms with Crippen molar-refractivity contribution in [1.82, 2.24) is 9.71 Å². The maximum Gasteiger partial charge on any atom is 0.240 e. The number of H-pyrrole nitrogens is 1. The molecule has 0 aliphatic rings. The van der Waals surface area contributed by atoms with Gasteiger partial charge in [-0.3, -0.25) is 4.79 Å². The molecule has 136 valence electrons. The van der Waals surface area contributed by atoms with Gasteiger partial charge in [0.25, 0.3) is 0 Å². The van der Waals surface area contributed by atoms with Crippen LogP contribution in [0.4, 0.5) is 5.69 Å². The van der Waals surface area contributed by atoms with Crippen LogP contribution < -0.4 is 10.0 Å². The first kappa shape index (κ1) is 18.2.